The fraction of sp³-hybridized carbons (Fsp3) is 0.533. The molecule has 0 spiro atoms. The average Bonchev–Trinajstić information content (AvgIpc) is 2.81. The third kappa shape index (κ3) is 2.87. The maximum absolute atomic E-state index is 10.8. The maximum Gasteiger partial charge on any atom is 0.303 e. The first-order valence-electron chi connectivity index (χ1n) is 6.49. The van der Waals surface area contributed by atoms with Gasteiger partial charge in [-0.25, -0.2) is 0 Å². The Morgan fingerprint density at radius 2 is 2.00 bits per heavy atom. The molecule has 1 atom stereocenters. The Morgan fingerprint density at radius 3 is 2.65 bits per heavy atom. The molecule has 2 nitrogen and oxygen atoms in total. The topological polar surface area (TPSA) is 37.3 Å². The lowest BCUT2D eigenvalue weighted by atomic mass is 9.86. The van der Waals surface area contributed by atoms with Crippen LogP contribution in [0.25, 0.3) is 0 Å². The van der Waals surface area contributed by atoms with Crippen molar-refractivity contribution in [2.45, 2.75) is 50.9 Å². The van der Waals surface area contributed by atoms with Gasteiger partial charge in [0.25, 0.3) is 0 Å². The highest BCUT2D eigenvalue weighted by Gasteiger charge is 2.22. The fourth-order valence-corrected chi connectivity index (χ4v) is 2.94. The monoisotopic (exact) mass is 232 g/mol. The second-order valence-electron chi connectivity index (χ2n) is 5.11. The van der Waals surface area contributed by atoms with E-state index >= 15 is 0 Å². The Labute approximate surface area is 103 Å². The minimum Gasteiger partial charge on any atom is -0.481 e. The largest absolute Gasteiger partial charge is 0.481 e. The number of rotatable bonds is 4. The van der Waals surface area contributed by atoms with Gasteiger partial charge in [-0.1, -0.05) is 44.0 Å². The smallest absolute Gasteiger partial charge is 0.303 e. The molecule has 1 N–H and O–H groups in total. The Hall–Kier alpha value is -1.31. The van der Waals surface area contributed by atoms with Crippen LogP contribution in [0.3, 0.4) is 0 Å². The lowest BCUT2D eigenvalue weighted by Crippen LogP contribution is -2.07. The van der Waals surface area contributed by atoms with Gasteiger partial charge in [0.15, 0.2) is 0 Å². The molecule has 1 unspecified atom stereocenters. The van der Waals surface area contributed by atoms with Crippen LogP contribution in [-0.4, -0.2) is 11.1 Å². The molecular weight excluding hydrogens is 212 g/mol. The van der Waals surface area contributed by atoms with Gasteiger partial charge in [0.1, 0.15) is 0 Å². The predicted molar refractivity (Wildman–Crippen MR) is 68.3 cm³/mol. The van der Waals surface area contributed by atoms with Crippen LogP contribution in [0.4, 0.5) is 0 Å². The Kier molecular flexibility index (Phi) is 3.82. The summed E-state index contributed by atoms with van der Waals surface area (Å²) in [4.78, 5) is 10.8. The van der Waals surface area contributed by atoms with E-state index in [0.29, 0.717) is 5.92 Å². The van der Waals surface area contributed by atoms with Crippen LogP contribution in [-0.2, 0) is 4.79 Å². The summed E-state index contributed by atoms with van der Waals surface area (Å²) in [6.45, 7) is 2.02. The Morgan fingerprint density at radius 1 is 1.35 bits per heavy atom. The zero-order valence-electron chi connectivity index (χ0n) is 10.4. The molecule has 1 aliphatic rings. The zero-order chi connectivity index (χ0) is 12.3. The second kappa shape index (κ2) is 5.35. The standard InChI is InChI=1S/C15H20O2/c1-11(10-15(16)17)13-8-4-5-9-14(13)12-6-2-3-7-12/h4-5,8-9,11-12H,2-3,6-7,10H2,1H3,(H,16,17). The van der Waals surface area contributed by atoms with Gasteiger partial charge in [-0.05, 0) is 35.8 Å². The van der Waals surface area contributed by atoms with E-state index in [-0.39, 0.29) is 12.3 Å². The van der Waals surface area contributed by atoms with E-state index < -0.39 is 5.97 Å². The molecule has 0 heterocycles. The van der Waals surface area contributed by atoms with Crippen LogP contribution >= 0.6 is 0 Å². The lowest BCUT2D eigenvalue weighted by Gasteiger charge is -2.19. The van der Waals surface area contributed by atoms with E-state index in [4.69, 9.17) is 5.11 Å². The molecule has 1 aliphatic carbocycles. The molecule has 2 rings (SSSR count). The quantitative estimate of drug-likeness (QED) is 0.854. The van der Waals surface area contributed by atoms with Gasteiger partial charge in [0, 0.05) is 0 Å². The predicted octanol–water partition coefficient (Wildman–Crippen LogP) is 3.92. The van der Waals surface area contributed by atoms with Gasteiger partial charge in [-0.3, -0.25) is 4.79 Å². The molecule has 17 heavy (non-hydrogen) atoms. The van der Waals surface area contributed by atoms with E-state index in [1.807, 2.05) is 13.0 Å². The minimum atomic E-state index is -0.710. The number of hydrogen-bond donors (Lipinski definition) is 1. The van der Waals surface area contributed by atoms with Crippen LogP contribution < -0.4 is 0 Å². The summed E-state index contributed by atoms with van der Waals surface area (Å²) in [6.07, 6.45) is 5.37. The molecule has 0 aliphatic heterocycles. The normalized spacial score (nSPS) is 18.2. The summed E-state index contributed by atoms with van der Waals surface area (Å²) in [7, 11) is 0. The van der Waals surface area contributed by atoms with Gasteiger partial charge >= 0.3 is 5.97 Å². The number of aliphatic carboxylic acids is 1. The van der Waals surface area contributed by atoms with Crippen molar-refractivity contribution < 1.29 is 9.90 Å². The van der Waals surface area contributed by atoms with Crippen LogP contribution in [0.5, 0.6) is 0 Å². The van der Waals surface area contributed by atoms with Crippen molar-refractivity contribution in [3.63, 3.8) is 0 Å². The molecule has 1 fully saturated rings. The summed E-state index contributed by atoms with van der Waals surface area (Å²) in [6, 6.07) is 8.38. The molecular formula is C15H20O2. The molecule has 0 radical (unpaired) electrons. The average molecular weight is 232 g/mol. The lowest BCUT2D eigenvalue weighted by molar-refractivity contribution is -0.137. The van der Waals surface area contributed by atoms with Gasteiger partial charge in [0.05, 0.1) is 6.42 Å². The molecule has 1 aromatic rings. The van der Waals surface area contributed by atoms with Gasteiger partial charge < -0.3 is 5.11 Å². The van der Waals surface area contributed by atoms with E-state index in [2.05, 4.69) is 18.2 Å². The van der Waals surface area contributed by atoms with E-state index in [1.54, 1.807) is 0 Å². The highest BCUT2D eigenvalue weighted by atomic mass is 16.4. The molecule has 0 bridgehead atoms. The van der Waals surface area contributed by atoms with Crippen LogP contribution in [0, 0.1) is 0 Å². The number of benzene rings is 1. The molecule has 0 aromatic heterocycles. The highest BCUT2D eigenvalue weighted by Crippen LogP contribution is 2.38. The summed E-state index contributed by atoms with van der Waals surface area (Å²) in [5.41, 5.74) is 2.63. The summed E-state index contributed by atoms with van der Waals surface area (Å²) >= 11 is 0. The first kappa shape index (κ1) is 12.2. The molecule has 92 valence electrons. The third-order valence-corrected chi connectivity index (χ3v) is 3.80. The Bertz CT molecular complexity index is 392. The van der Waals surface area contributed by atoms with Gasteiger partial charge in [-0.2, -0.15) is 0 Å². The SMILES string of the molecule is CC(CC(=O)O)c1ccccc1C1CCCC1. The molecule has 0 saturated heterocycles. The molecule has 1 aromatic carbocycles. The van der Waals surface area contributed by atoms with Gasteiger partial charge in [-0.15, -0.1) is 0 Å². The number of carboxylic acid groups (broad SMARTS) is 1. The van der Waals surface area contributed by atoms with E-state index in [0.717, 1.165) is 0 Å². The minimum absolute atomic E-state index is 0.115. The van der Waals surface area contributed by atoms with Crippen molar-refractivity contribution >= 4 is 5.97 Å². The molecule has 0 amide bonds. The van der Waals surface area contributed by atoms with Crippen molar-refractivity contribution in [2.24, 2.45) is 0 Å². The first-order chi connectivity index (χ1) is 8.18. The second-order valence-corrected chi connectivity index (χ2v) is 5.11. The number of hydrogen-bond acceptors (Lipinski definition) is 1. The van der Waals surface area contributed by atoms with Crippen molar-refractivity contribution in [3.05, 3.63) is 35.4 Å². The van der Waals surface area contributed by atoms with Crippen molar-refractivity contribution in [1.29, 1.82) is 0 Å². The fourth-order valence-electron chi connectivity index (χ4n) is 2.94. The van der Waals surface area contributed by atoms with E-state index in [9.17, 15) is 4.79 Å². The molecule has 1 saturated carbocycles. The van der Waals surface area contributed by atoms with Crippen LogP contribution in [0.1, 0.15) is 62.0 Å². The van der Waals surface area contributed by atoms with Crippen LogP contribution in [0.2, 0.25) is 0 Å². The van der Waals surface area contributed by atoms with Crippen molar-refractivity contribution in [1.82, 2.24) is 0 Å². The molecule has 2 heteroatoms. The summed E-state index contributed by atoms with van der Waals surface area (Å²) in [5.74, 6) is 0.0606. The van der Waals surface area contributed by atoms with E-state index in [1.165, 1.54) is 36.8 Å². The summed E-state index contributed by atoms with van der Waals surface area (Å²) < 4.78 is 0. The zero-order valence-corrected chi connectivity index (χ0v) is 10.4. The van der Waals surface area contributed by atoms with Crippen LogP contribution in [0.15, 0.2) is 24.3 Å². The number of carboxylic acids is 1. The van der Waals surface area contributed by atoms with Gasteiger partial charge in [0.2, 0.25) is 0 Å². The summed E-state index contributed by atoms with van der Waals surface area (Å²) in [5, 5.41) is 8.90. The third-order valence-electron chi connectivity index (χ3n) is 3.80. The van der Waals surface area contributed by atoms with Crippen molar-refractivity contribution in [3.8, 4) is 0 Å². The first-order valence-corrected chi connectivity index (χ1v) is 6.49. The Balaban J connectivity index is 2.23. The number of carbonyl (C=O) groups is 1. The highest BCUT2D eigenvalue weighted by molar-refractivity contribution is 5.68. The maximum atomic E-state index is 10.8. The van der Waals surface area contributed by atoms with Crippen molar-refractivity contribution in [2.75, 3.05) is 0 Å².